The van der Waals surface area contributed by atoms with Crippen molar-refractivity contribution in [3.05, 3.63) is 102 Å². The van der Waals surface area contributed by atoms with E-state index in [1.165, 1.54) is 6.20 Å². The third-order valence-corrected chi connectivity index (χ3v) is 5.10. The second kappa shape index (κ2) is 11.0. The third kappa shape index (κ3) is 5.64. The van der Waals surface area contributed by atoms with E-state index >= 15 is 0 Å². The third-order valence-electron chi connectivity index (χ3n) is 5.10. The van der Waals surface area contributed by atoms with Gasteiger partial charge in [-0.3, -0.25) is 4.98 Å². The van der Waals surface area contributed by atoms with Gasteiger partial charge in [-0.2, -0.15) is 0 Å². The van der Waals surface area contributed by atoms with Crippen molar-refractivity contribution in [3.8, 4) is 11.5 Å². The zero-order chi connectivity index (χ0) is 24.6. The van der Waals surface area contributed by atoms with Crippen molar-refractivity contribution in [1.29, 1.82) is 0 Å². The van der Waals surface area contributed by atoms with Crippen molar-refractivity contribution in [2.75, 3.05) is 13.2 Å². The molecule has 0 radical (unpaired) electrons. The molecule has 4 rings (SSSR count). The van der Waals surface area contributed by atoms with Crippen molar-refractivity contribution in [1.82, 2.24) is 15.6 Å². The first kappa shape index (κ1) is 23.5. The highest BCUT2D eigenvalue weighted by molar-refractivity contribution is 5.96. The molecular weight excluding hydrogens is 450 g/mol. The Morgan fingerprint density at radius 3 is 2.46 bits per heavy atom. The van der Waals surface area contributed by atoms with Gasteiger partial charge in [0.05, 0.1) is 30.1 Å². The first-order valence-corrected chi connectivity index (χ1v) is 10.9. The molecule has 3 aromatic rings. The number of aromatic nitrogens is 1. The zero-order valence-electron chi connectivity index (χ0n) is 18.9. The molecule has 2 N–H and O–H groups in total. The Labute approximate surface area is 201 Å². The maximum Gasteiger partial charge on any atom is 0.342 e. The van der Waals surface area contributed by atoms with E-state index in [0.29, 0.717) is 11.3 Å². The van der Waals surface area contributed by atoms with Crippen LogP contribution in [0.3, 0.4) is 0 Å². The van der Waals surface area contributed by atoms with Crippen LogP contribution in [0.15, 0.2) is 90.4 Å². The van der Waals surface area contributed by atoms with Gasteiger partial charge in [0.2, 0.25) is 0 Å². The maximum absolute atomic E-state index is 12.9. The Hall–Kier alpha value is -4.66. The summed E-state index contributed by atoms with van der Waals surface area (Å²) in [6.07, 6.45) is 3.13. The minimum absolute atomic E-state index is 0.139. The smallest absolute Gasteiger partial charge is 0.342 e. The van der Waals surface area contributed by atoms with E-state index in [0.717, 1.165) is 0 Å². The average molecular weight is 473 g/mol. The summed E-state index contributed by atoms with van der Waals surface area (Å²) < 4.78 is 16.5. The number of nitrogens with one attached hydrogen (secondary N) is 2. The molecule has 0 saturated heterocycles. The van der Waals surface area contributed by atoms with Gasteiger partial charge in [0.1, 0.15) is 23.7 Å². The highest BCUT2D eigenvalue weighted by atomic mass is 16.5. The molecule has 2 aromatic carbocycles. The molecule has 178 valence electrons. The van der Waals surface area contributed by atoms with Crippen molar-refractivity contribution in [3.63, 3.8) is 0 Å². The molecule has 1 aromatic heterocycles. The maximum atomic E-state index is 12.9. The molecule has 2 heterocycles. The number of hydrogen-bond donors (Lipinski definition) is 2. The molecule has 0 saturated carbocycles. The minimum Gasteiger partial charge on any atom is -0.463 e. The predicted molar refractivity (Wildman–Crippen MR) is 126 cm³/mol. The van der Waals surface area contributed by atoms with Crippen LogP contribution in [0.1, 0.15) is 28.9 Å². The highest BCUT2D eigenvalue weighted by Gasteiger charge is 2.34. The van der Waals surface area contributed by atoms with Gasteiger partial charge in [-0.05, 0) is 36.8 Å². The number of esters is 2. The van der Waals surface area contributed by atoms with Gasteiger partial charge in [-0.15, -0.1) is 0 Å². The fourth-order valence-corrected chi connectivity index (χ4v) is 3.55. The summed E-state index contributed by atoms with van der Waals surface area (Å²) in [5.74, 6) is -0.581. The number of carbonyl (C=O) groups is 3. The van der Waals surface area contributed by atoms with Crippen molar-refractivity contribution in [2.45, 2.75) is 13.0 Å². The van der Waals surface area contributed by atoms with E-state index in [1.54, 1.807) is 73.8 Å². The fourth-order valence-electron chi connectivity index (χ4n) is 3.55. The Kier molecular flexibility index (Phi) is 7.37. The first-order valence-electron chi connectivity index (χ1n) is 10.9. The molecule has 35 heavy (non-hydrogen) atoms. The summed E-state index contributed by atoms with van der Waals surface area (Å²) in [5.41, 5.74) is 1.16. The van der Waals surface area contributed by atoms with Crippen molar-refractivity contribution >= 4 is 18.0 Å². The van der Waals surface area contributed by atoms with Gasteiger partial charge in [-0.1, -0.05) is 42.5 Å². The van der Waals surface area contributed by atoms with Crippen LogP contribution in [-0.2, 0) is 14.3 Å². The van der Waals surface area contributed by atoms with Gasteiger partial charge in [0.15, 0.2) is 0 Å². The summed E-state index contributed by atoms with van der Waals surface area (Å²) in [6, 6.07) is 17.7. The molecule has 9 heteroatoms. The van der Waals surface area contributed by atoms with Gasteiger partial charge in [0, 0.05) is 6.20 Å². The summed E-state index contributed by atoms with van der Waals surface area (Å²) in [5, 5.41) is 5.31. The molecule has 0 bridgehead atoms. The van der Waals surface area contributed by atoms with E-state index in [-0.39, 0.29) is 35.8 Å². The lowest BCUT2D eigenvalue weighted by Gasteiger charge is -2.29. The Bertz CT molecular complexity index is 1240. The molecule has 0 fully saturated rings. The van der Waals surface area contributed by atoms with Gasteiger partial charge in [0.25, 0.3) is 0 Å². The largest absolute Gasteiger partial charge is 0.463 e. The quantitative estimate of drug-likeness (QED) is 0.477. The molecule has 1 aliphatic heterocycles. The molecule has 1 unspecified atom stereocenters. The second-order valence-electron chi connectivity index (χ2n) is 7.42. The number of rotatable bonds is 8. The fraction of sp³-hybridized carbons (Fsp3) is 0.154. The van der Waals surface area contributed by atoms with Gasteiger partial charge < -0.3 is 24.8 Å². The molecule has 9 nitrogen and oxygen atoms in total. The Balaban J connectivity index is 1.60. The van der Waals surface area contributed by atoms with E-state index in [9.17, 15) is 14.4 Å². The van der Waals surface area contributed by atoms with Crippen LogP contribution in [0.25, 0.3) is 0 Å². The van der Waals surface area contributed by atoms with Gasteiger partial charge in [-0.25, -0.2) is 14.4 Å². The molecule has 0 aliphatic carbocycles. The van der Waals surface area contributed by atoms with Gasteiger partial charge >= 0.3 is 18.0 Å². The number of amides is 2. The van der Waals surface area contributed by atoms with Crippen LogP contribution in [0.2, 0.25) is 0 Å². The Morgan fingerprint density at radius 2 is 1.71 bits per heavy atom. The number of hydrogen-bond acceptors (Lipinski definition) is 7. The van der Waals surface area contributed by atoms with Crippen LogP contribution in [0.5, 0.6) is 11.5 Å². The normalized spacial score (nSPS) is 15.0. The van der Waals surface area contributed by atoms with Crippen LogP contribution in [0, 0.1) is 0 Å². The second-order valence-corrected chi connectivity index (χ2v) is 7.42. The first-order chi connectivity index (χ1) is 17.1. The van der Waals surface area contributed by atoms with Crippen molar-refractivity contribution < 1.29 is 28.6 Å². The van der Waals surface area contributed by atoms with Crippen LogP contribution < -0.4 is 15.4 Å². The number of carbonyl (C=O) groups excluding carboxylic acids is 3. The van der Waals surface area contributed by atoms with Crippen molar-refractivity contribution in [2.24, 2.45) is 0 Å². The predicted octanol–water partition coefficient (Wildman–Crippen LogP) is 3.90. The molecule has 1 atom stereocenters. The SMILES string of the molecule is CCOC(=O)C1=C(COC(=O)c2ccccc2Oc2cccnc2)NC(=O)NC1c1ccccc1. The summed E-state index contributed by atoms with van der Waals surface area (Å²) in [6.45, 7) is 1.47. The number of nitrogens with zero attached hydrogens (tertiary/aromatic N) is 1. The molecule has 2 amide bonds. The lowest BCUT2D eigenvalue weighted by molar-refractivity contribution is -0.139. The summed E-state index contributed by atoms with van der Waals surface area (Å²) in [7, 11) is 0. The van der Waals surface area contributed by atoms with E-state index in [2.05, 4.69) is 15.6 Å². The number of urea groups is 1. The van der Waals surface area contributed by atoms with E-state index < -0.39 is 24.0 Å². The monoisotopic (exact) mass is 473 g/mol. The molecular formula is C26H23N3O6. The van der Waals surface area contributed by atoms with E-state index in [1.807, 2.05) is 6.07 Å². The van der Waals surface area contributed by atoms with Crippen LogP contribution >= 0.6 is 0 Å². The highest BCUT2D eigenvalue weighted by Crippen LogP contribution is 2.29. The van der Waals surface area contributed by atoms with Crippen LogP contribution in [-0.4, -0.2) is 36.2 Å². The number of pyridine rings is 1. The van der Waals surface area contributed by atoms with E-state index in [4.69, 9.17) is 14.2 Å². The summed E-state index contributed by atoms with van der Waals surface area (Å²) >= 11 is 0. The lowest BCUT2D eigenvalue weighted by atomic mass is 9.95. The Morgan fingerprint density at radius 1 is 0.943 bits per heavy atom. The average Bonchev–Trinajstić information content (AvgIpc) is 2.88. The number of para-hydroxylation sites is 1. The summed E-state index contributed by atoms with van der Waals surface area (Å²) in [4.78, 5) is 42.2. The topological polar surface area (TPSA) is 116 Å². The van der Waals surface area contributed by atoms with Crippen LogP contribution in [0.4, 0.5) is 4.79 Å². The minimum atomic E-state index is -0.765. The molecule has 1 aliphatic rings. The standard InChI is InChI=1S/C26H23N3O6/c1-2-33-25(31)22-20(28-26(32)29-23(22)17-9-4-3-5-10-17)16-34-24(30)19-12-6-7-13-21(19)35-18-11-8-14-27-15-18/h3-15,23H,2,16H2,1H3,(H2,28,29,32). The number of ether oxygens (including phenoxy) is 3. The zero-order valence-corrected chi connectivity index (χ0v) is 18.9. The number of benzene rings is 2. The molecule has 0 spiro atoms. The lowest BCUT2D eigenvalue weighted by Crippen LogP contribution is -2.47.